The minimum Gasteiger partial charge on any atom is -0.352 e. The van der Waals surface area contributed by atoms with Crippen LogP contribution in [0.1, 0.15) is 26.3 Å². The first-order chi connectivity index (χ1) is 14.8. The van der Waals surface area contributed by atoms with Crippen LogP contribution in [0.15, 0.2) is 66.7 Å². The molecular formula is C22H17ClFN3O4. The predicted molar refractivity (Wildman–Crippen MR) is 115 cm³/mol. The van der Waals surface area contributed by atoms with Gasteiger partial charge in [0.1, 0.15) is 5.82 Å². The molecule has 9 heteroatoms. The number of para-hydroxylation sites is 1. The molecule has 3 aromatic rings. The molecular weight excluding hydrogens is 425 g/mol. The van der Waals surface area contributed by atoms with Gasteiger partial charge in [0.05, 0.1) is 26.8 Å². The van der Waals surface area contributed by atoms with Gasteiger partial charge >= 0.3 is 0 Å². The van der Waals surface area contributed by atoms with Crippen molar-refractivity contribution in [1.29, 1.82) is 0 Å². The number of benzene rings is 3. The summed E-state index contributed by atoms with van der Waals surface area (Å²) in [5.74, 6) is -1.33. The molecule has 158 valence electrons. The SMILES string of the molecule is O=C(Nc1ccccc1C(=O)NCCc1ccc(F)cc1)c1ccc([N+](=O)[O-])cc1Cl. The highest BCUT2D eigenvalue weighted by Crippen LogP contribution is 2.24. The summed E-state index contributed by atoms with van der Waals surface area (Å²) in [7, 11) is 0. The number of halogens is 2. The van der Waals surface area contributed by atoms with Gasteiger partial charge in [-0.1, -0.05) is 35.9 Å². The first kappa shape index (κ1) is 21.9. The van der Waals surface area contributed by atoms with E-state index >= 15 is 0 Å². The molecule has 0 saturated heterocycles. The topological polar surface area (TPSA) is 101 Å². The summed E-state index contributed by atoms with van der Waals surface area (Å²) in [6, 6.07) is 15.9. The van der Waals surface area contributed by atoms with Crippen molar-refractivity contribution in [2.45, 2.75) is 6.42 Å². The van der Waals surface area contributed by atoms with Gasteiger partial charge in [-0.3, -0.25) is 19.7 Å². The third kappa shape index (κ3) is 5.64. The second-order valence-corrected chi connectivity index (χ2v) is 6.96. The van der Waals surface area contributed by atoms with Crippen LogP contribution < -0.4 is 10.6 Å². The molecule has 0 spiro atoms. The Morgan fingerprint density at radius 3 is 2.35 bits per heavy atom. The van der Waals surface area contributed by atoms with E-state index in [9.17, 15) is 24.1 Å². The maximum Gasteiger partial charge on any atom is 0.270 e. The van der Waals surface area contributed by atoms with Crippen LogP contribution in [0, 0.1) is 15.9 Å². The lowest BCUT2D eigenvalue weighted by atomic mass is 10.1. The van der Waals surface area contributed by atoms with E-state index in [1.54, 1.807) is 36.4 Å². The number of anilines is 1. The van der Waals surface area contributed by atoms with Gasteiger partial charge in [-0.15, -0.1) is 0 Å². The van der Waals surface area contributed by atoms with E-state index in [-0.39, 0.29) is 33.3 Å². The van der Waals surface area contributed by atoms with Crippen molar-refractivity contribution in [1.82, 2.24) is 5.32 Å². The van der Waals surface area contributed by atoms with Crippen molar-refractivity contribution >= 4 is 34.8 Å². The Labute approximate surface area is 182 Å². The summed E-state index contributed by atoms with van der Waals surface area (Å²) in [5, 5.41) is 16.1. The fourth-order valence-corrected chi connectivity index (χ4v) is 3.11. The minimum atomic E-state index is -0.612. The van der Waals surface area contributed by atoms with Crippen molar-refractivity contribution in [3.05, 3.63) is 104 Å². The Kier molecular flexibility index (Phi) is 6.94. The molecule has 0 aliphatic heterocycles. The average Bonchev–Trinajstić information content (AvgIpc) is 2.75. The van der Waals surface area contributed by atoms with Gasteiger partial charge in [-0.2, -0.15) is 0 Å². The Morgan fingerprint density at radius 2 is 1.68 bits per heavy atom. The smallest absolute Gasteiger partial charge is 0.270 e. The number of carbonyl (C=O) groups excluding carboxylic acids is 2. The second-order valence-electron chi connectivity index (χ2n) is 6.55. The number of carbonyl (C=O) groups is 2. The lowest BCUT2D eigenvalue weighted by Crippen LogP contribution is -2.27. The summed E-state index contributed by atoms with van der Waals surface area (Å²) >= 11 is 6.01. The molecule has 0 unspecified atom stereocenters. The van der Waals surface area contributed by atoms with Crippen LogP contribution in [-0.4, -0.2) is 23.3 Å². The summed E-state index contributed by atoms with van der Waals surface area (Å²) < 4.78 is 13.0. The number of nitro benzene ring substituents is 1. The molecule has 0 aliphatic rings. The van der Waals surface area contributed by atoms with Crippen LogP contribution in [0.3, 0.4) is 0 Å². The number of hydrogen-bond acceptors (Lipinski definition) is 4. The third-order valence-corrected chi connectivity index (χ3v) is 4.75. The van der Waals surface area contributed by atoms with E-state index in [0.29, 0.717) is 13.0 Å². The molecule has 2 amide bonds. The molecule has 3 rings (SSSR count). The van der Waals surface area contributed by atoms with E-state index in [4.69, 9.17) is 11.6 Å². The molecule has 0 fully saturated rings. The minimum absolute atomic E-state index is 0.0405. The number of nitrogens with one attached hydrogen (secondary N) is 2. The number of nitro groups is 1. The second kappa shape index (κ2) is 9.82. The number of amides is 2. The van der Waals surface area contributed by atoms with Gasteiger partial charge in [0.25, 0.3) is 17.5 Å². The monoisotopic (exact) mass is 441 g/mol. The van der Waals surface area contributed by atoms with Crippen LogP contribution in [0.25, 0.3) is 0 Å². The molecule has 0 aliphatic carbocycles. The molecule has 0 heterocycles. The Hall–Kier alpha value is -3.78. The van der Waals surface area contributed by atoms with E-state index in [0.717, 1.165) is 11.6 Å². The van der Waals surface area contributed by atoms with Crippen LogP contribution in [0.2, 0.25) is 5.02 Å². The zero-order chi connectivity index (χ0) is 22.4. The van der Waals surface area contributed by atoms with Crippen molar-refractivity contribution < 1.29 is 18.9 Å². The highest BCUT2D eigenvalue weighted by Gasteiger charge is 2.18. The van der Waals surface area contributed by atoms with Crippen molar-refractivity contribution in [2.24, 2.45) is 0 Å². The molecule has 7 nitrogen and oxygen atoms in total. The molecule has 2 N–H and O–H groups in total. The van der Waals surface area contributed by atoms with E-state index in [2.05, 4.69) is 10.6 Å². The maximum atomic E-state index is 13.0. The first-order valence-corrected chi connectivity index (χ1v) is 9.60. The van der Waals surface area contributed by atoms with Crippen LogP contribution in [0.4, 0.5) is 15.8 Å². The number of rotatable bonds is 7. The molecule has 0 radical (unpaired) electrons. The number of nitrogens with zero attached hydrogens (tertiary/aromatic N) is 1. The van der Waals surface area contributed by atoms with Gasteiger partial charge in [-0.25, -0.2) is 4.39 Å². The van der Waals surface area contributed by atoms with Gasteiger partial charge in [0, 0.05) is 18.7 Å². The van der Waals surface area contributed by atoms with E-state index < -0.39 is 16.7 Å². The third-order valence-electron chi connectivity index (χ3n) is 4.44. The fraction of sp³-hybridized carbons (Fsp3) is 0.0909. The largest absolute Gasteiger partial charge is 0.352 e. The highest BCUT2D eigenvalue weighted by atomic mass is 35.5. The lowest BCUT2D eigenvalue weighted by molar-refractivity contribution is -0.384. The average molecular weight is 442 g/mol. The molecule has 3 aromatic carbocycles. The lowest BCUT2D eigenvalue weighted by Gasteiger charge is -2.12. The summed E-state index contributed by atoms with van der Waals surface area (Å²) in [6.07, 6.45) is 0.513. The van der Waals surface area contributed by atoms with Crippen LogP contribution >= 0.6 is 11.6 Å². The van der Waals surface area contributed by atoms with E-state index in [1.165, 1.54) is 24.3 Å². The first-order valence-electron chi connectivity index (χ1n) is 9.22. The normalized spacial score (nSPS) is 10.4. The van der Waals surface area contributed by atoms with Gasteiger partial charge in [0.2, 0.25) is 0 Å². The maximum absolute atomic E-state index is 13.0. The zero-order valence-electron chi connectivity index (χ0n) is 16.1. The van der Waals surface area contributed by atoms with Crippen molar-refractivity contribution in [2.75, 3.05) is 11.9 Å². The highest BCUT2D eigenvalue weighted by molar-refractivity contribution is 6.34. The standard InChI is InChI=1S/C22H17ClFN3O4/c23-19-13-16(27(30)31)9-10-17(19)22(29)26-20-4-2-1-3-18(20)21(28)25-12-11-14-5-7-15(24)8-6-14/h1-10,13H,11-12H2,(H,25,28)(H,26,29). The van der Waals surface area contributed by atoms with Crippen LogP contribution in [-0.2, 0) is 6.42 Å². The summed E-state index contributed by atoms with van der Waals surface area (Å²) in [4.78, 5) is 35.4. The van der Waals surface area contributed by atoms with E-state index in [1.807, 2.05) is 0 Å². The Balaban J connectivity index is 1.68. The quantitative estimate of drug-likeness (QED) is 0.413. The summed E-state index contributed by atoms with van der Waals surface area (Å²) in [5.41, 5.74) is 1.19. The van der Waals surface area contributed by atoms with Crippen LogP contribution in [0.5, 0.6) is 0 Å². The fourth-order valence-electron chi connectivity index (χ4n) is 2.85. The van der Waals surface area contributed by atoms with Crippen molar-refractivity contribution in [3.8, 4) is 0 Å². The van der Waals surface area contributed by atoms with Gasteiger partial charge in [0.15, 0.2) is 0 Å². The number of hydrogen-bond donors (Lipinski definition) is 2. The Morgan fingerprint density at radius 1 is 0.968 bits per heavy atom. The molecule has 31 heavy (non-hydrogen) atoms. The Bertz CT molecular complexity index is 1140. The van der Waals surface area contributed by atoms with Crippen molar-refractivity contribution in [3.63, 3.8) is 0 Å². The molecule has 0 aromatic heterocycles. The summed E-state index contributed by atoms with van der Waals surface area (Å²) in [6.45, 7) is 0.320. The van der Waals surface area contributed by atoms with Gasteiger partial charge in [-0.05, 0) is 42.3 Å². The predicted octanol–water partition coefficient (Wildman–Crippen LogP) is 4.61. The molecule has 0 saturated carbocycles. The number of non-ortho nitro benzene ring substituents is 1. The molecule has 0 bridgehead atoms. The van der Waals surface area contributed by atoms with Gasteiger partial charge < -0.3 is 10.6 Å². The molecule has 0 atom stereocenters. The zero-order valence-corrected chi connectivity index (χ0v) is 16.9.